The molecular formula is C13H18N4. The van der Waals surface area contributed by atoms with Gasteiger partial charge in [0.05, 0.1) is 6.54 Å². The van der Waals surface area contributed by atoms with Crippen LogP contribution in [-0.4, -0.2) is 14.8 Å². The predicted octanol–water partition coefficient (Wildman–Crippen LogP) is 2.35. The number of hydrogen-bond acceptors (Lipinski definition) is 3. The Kier molecular flexibility index (Phi) is 3.13. The van der Waals surface area contributed by atoms with Crippen molar-refractivity contribution in [2.45, 2.75) is 27.3 Å². The van der Waals surface area contributed by atoms with E-state index >= 15 is 0 Å². The monoisotopic (exact) mass is 230 g/mol. The fourth-order valence-electron chi connectivity index (χ4n) is 1.79. The maximum absolute atomic E-state index is 4.13. The van der Waals surface area contributed by atoms with Crippen LogP contribution in [0.1, 0.15) is 22.8 Å². The van der Waals surface area contributed by atoms with Gasteiger partial charge in [-0.05, 0) is 32.4 Å². The van der Waals surface area contributed by atoms with Crippen LogP contribution in [0.5, 0.6) is 0 Å². The highest BCUT2D eigenvalue weighted by Gasteiger charge is 2.05. The summed E-state index contributed by atoms with van der Waals surface area (Å²) < 4.78 is 2.00. The molecule has 0 aliphatic heterocycles. The van der Waals surface area contributed by atoms with Gasteiger partial charge in [0.15, 0.2) is 5.82 Å². The fraction of sp³-hybridized carbons (Fsp3) is 0.385. The topological polar surface area (TPSA) is 42.7 Å². The number of nitrogens with zero attached hydrogens (tertiary/aromatic N) is 3. The van der Waals surface area contributed by atoms with Crippen LogP contribution in [0, 0.1) is 20.8 Å². The van der Waals surface area contributed by atoms with Crippen LogP contribution in [0.2, 0.25) is 0 Å². The molecule has 1 aromatic heterocycles. The maximum atomic E-state index is 4.13. The van der Waals surface area contributed by atoms with Gasteiger partial charge in [-0.15, -0.1) is 10.2 Å². The van der Waals surface area contributed by atoms with E-state index in [1.807, 2.05) is 18.5 Å². The first-order valence-electron chi connectivity index (χ1n) is 5.74. The molecule has 0 bridgehead atoms. The molecule has 4 nitrogen and oxygen atoms in total. The lowest BCUT2D eigenvalue weighted by atomic mass is 10.1. The summed E-state index contributed by atoms with van der Waals surface area (Å²) in [7, 11) is 1.98. The van der Waals surface area contributed by atoms with Crippen LogP contribution in [-0.2, 0) is 13.6 Å². The van der Waals surface area contributed by atoms with Crippen molar-refractivity contribution in [2.75, 3.05) is 5.32 Å². The minimum absolute atomic E-state index is 0.696. The van der Waals surface area contributed by atoms with Gasteiger partial charge in [0, 0.05) is 12.7 Å². The Morgan fingerprint density at radius 2 is 1.94 bits per heavy atom. The molecule has 0 unspecified atom stereocenters. The first-order chi connectivity index (χ1) is 8.08. The molecule has 0 amide bonds. The van der Waals surface area contributed by atoms with Crippen molar-refractivity contribution in [3.63, 3.8) is 0 Å². The lowest BCUT2D eigenvalue weighted by Gasteiger charge is -2.09. The van der Waals surface area contributed by atoms with E-state index in [0.29, 0.717) is 6.54 Å². The Labute approximate surface area is 102 Å². The summed E-state index contributed by atoms with van der Waals surface area (Å²) in [6, 6.07) is 6.38. The van der Waals surface area contributed by atoms with Gasteiger partial charge in [-0.2, -0.15) is 0 Å². The van der Waals surface area contributed by atoms with Crippen molar-refractivity contribution in [3.8, 4) is 0 Å². The molecule has 1 heterocycles. The third-order valence-electron chi connectivity index (χ3n) is 3.00. The van der Waals surface area contributed by atoms with Gasteiger partial charge in [0.25, 0.3) is 0 Å². The molecule has 1 aromatic carbocycles. The number of benzene rings is 1. The molecule has 0 aliphatic carbocycles. The summed E-state index contributed by atoms with van der Waals surface area (Å²) in [6.45, 7) is 6.86. The van der Waals surface area contributed by atoms with Crippen LogP contribution in [0.3, 0.4) is 0 Å². The van der Waals surface area contributed by atoms with E-state index in [0.717, 1.165) is 17.3 Å². The number of hydrogen-bond donors (Lipinski definition) is 1. The molecule has 0 spiro atoms. The van der Waals surface area contributed by atoms with Crippen molar-refractivity contribution in [2.24, 2.45) is 7.05 Å². The minimum atomic E-state index is 0.696. The summed E-state index contributed by atoms with van der Waals surface area (Å²) in [5, 5.41) is 11.6. The number of aromatic nitrogens is 3. The molecule has 4 heteroatoms. The van der Waals surface area contributed by atoms with Crippen molar-refractivity contribution < 1.29 is 0 Å². The third kappa shape index (κ3) is 2.46. The van der Waals surface area contributed by atoms with Crippen molar-refractivity contribution in [1.29, 1.82) is 0 Å². The second kappa shape index (κ2) is 4.57. The average molecular weight is 230 g/mol. The largest absolute Gasteiger partial charge is 0.378 e. The molecule has 0 radical (unpaired) electrons. The molecule has 0 aliphatic rings. The molecule has 17 heavy (non-hydrogen) atoms. The SMILES string of the molecule is Cc1ccc(NCc2nnc(C)n2C)c(C)c1. The fourth-order valence-corrected chi connectivity index (χ4v) is 1.79. The third-order valence-corrected chi connectivity index (χ3v) is 3.00. The van der Waals surface area contributed by atoms with E-state index in [1.165, 1.54) is 11.1 Å². The van der Waals surface area contributed by atoms with Crippen molar-refractivity contribution >= 4 is 5.69 Å². The zero-order valence-corrected chi connectivity index (χ0v) is 10.8. The Balaban J connectivity index is 2.10. The number of anilines is 1. The van der Waals surface area contributed by atoms with Crippen LogP contribution >= 0.6 is 0 Å². The van der Waals surface area contributed by atoms with E-state index in [1.54, 1.807) is 0 Å². The second-order valence-corrected chi connectivity index (χ2v) is 4.39. The van der Waals surface area contributed by atoms with Gasteiger partial charge in [-0.1, -0.05) is 17.7 Å². The zero-order valence-electron chi connectivity index (χ0n) is 10.8. The van der Waals surface area contributed by atoms with Gasteiger partial charge in [0.2, 0.25) is 0 Å². The standard InChI is InChI=1S/C13H18N4/c1-9-5-6-12(10(2)7-9)14-8-13-16-15-11(3)17(13)4/h5-7,14H,8H2,1-4H3. The van der Waals surface area contributed by atoms with Gasteiger partial charge < -0.3 is 9.88 Å². The van der Waals surface area contributed by atoms with E-state index in [-0.39, 0.29) is 0 Å². The van der Waals surface area contributed by atoms with Crippen LogP contribution in [0.4, 0.5) is 5.69 Å². The van der Waals surface area contributed by atoms with E-state index in [9.17, 15) is 0 Å². The smallest absolute Gasteiger partial charge is 0.152 e. The molecule has 2 rings (SSSR count). The first kappa shape index (κ1) is 11.6. The van der Waals surface area contributed by atoms with Crippen LogP contribution in [0.15, 0.2) is 18.2 Å². The van der Waals surface area contributed by atoms with E-state index in [2.05, 4.69) is 47.6 Å². The Hall–Kier alpha value is -1.84. The predicted molar refractivity (Wildman–Crippen MR) is 69.0 cm³/mol. The molecule has 0 atom stereocenters. The Morgan fingerprint density at radius 1 is 1.18 bits per heavy atom. The van der Waals surface area contributed by atoms with Gasteiger partial charge in [-0.3, -0.25) is 0 Å². The summed E-state index contributed by atoms with van der Waals surface area (Å²) in [5.41, 5.74) is 3.68. The summed E-state index contributed by atoms with van der Waals surface area (Å²) in [5.74, 6) is 1.88. The lowest BCUT2D eigenvalue weighted by molar-refractivity contribution is 0.789. The maximum Gasteiger partial charge on any atom is 0.152 e. The lowest BCUT2D eigenvalue weighted by Crippen LogP contribution is -2.07. The highest BCUT2D eigenvalue weighted by atomic mass is 15.3. The van der Waals surface area contributed by atoms with E-state index in [4.69, 9.17) is 0 Å². The highest BCUT2D eigenvalue weighted by molar-refractivity contribution is 5.51. The van der Waals surface area contributed by atoms with Crippen LogP contribution < -0.4 is 5.32 Å². The van der Waals surface area contributed by atoms with Gasteiger partial charge >= 0.3 is 0 Å². The van der Waals surface area contributed by atoms with Gasteiger partial charge in [-0.25, -0.2) is 0 Å². The molecule has 2 aromatic rings. The van der Waals surface area contributed by atoms with Crippen molar-refractivity contribution in [3.05, 3.63) is 41.0 Å². The molecule has 0 fully saturated rings. The minimum Gasteiger partial charge on any atom is -0.378 e. The van der Waals surface area contributed by atoms with E-state index < -0.39 is 0 Å². The molecule has 0 saturated heterocycles. The number of aryl methyl sites for hydroxylation is 3. The van der Waals surface area contributed by atoms with Gasteiger partial charge in [0.1, 0.15) is 5.82 Å². The first-order valence-corrected chi connectivity index (χ1v) is 5.74. The highest BCUT2D eigenvalue weighted by Crippen LogP contribution is 2.16. The van der Waals surface area contributed by atoms with Crippen molar-refractivity contribution in [1.82, 2.24) is 14.8 Å². The molecule has 1 N–H and O–H groups in total. The normalized spacial score (nSPS) is 10.6. The number of nitrogens with one attached hydrogen (secondary N) is 1. The Morgan fingerprint density at radius 3 is 2.53 bits per heavy atom. The number of rotatable bonds is 3. The van der Waals surface area contributed by atoms with Crippen LogP contribution in [0.25, 0.3) is 0 Å². The second-order valence-electron chi connectivity index (χ2n) is 4.39. The summed E-state index contributed by atoms with van der Waals surface area (Å²) >= 11 is 0. The molecule has 90 valence electrons. The summed E-state index contributed by atoms with van der Waals surface area (Å²) in [4.78, 5) is 0. The average Bonchev–Trinajstić information content (AvgIpc) is 2.59. The summed E-state index contributed by atoms with van der Waals surface area (Å²) in [6.07, 6.45) is 0. The quantitative estimate of drug-likeness (QED) is 0.880. The zero-order chi connectivity index (χ0) is 12.4. The Bertz CT molecular complexity index is 528. The molecular weight excluding hydrogens is 212 g/mol. The molecule has 0 saturated carbocycles.